The summed E-state index contributed by atoms with van der Waals surface area (Å²) in [4.78, 5) is 27.8. The molecule has 0 atom stereocenters. The van der Waals surface area contributed by atoms with E-state index in [2.05, 4.69) is 11.4 Å². The fraction of sp³-hybridized carbons (Fsp3) is 0.0800. The van der Waals surface area contributed by atoms with E-state index in [4.69, 9.17) is 0 Å². The number of nitrogens with one attached hydrogen (secondary N) is 1. The van der Waals surface area contributed by atoms with Crippen LogP contribution in [0.25, 0.3) is 5.69 Å². The van der Waals surface area contributed by atoms with E-state index in [-0.39, 0.29) is 17.2 Å². The van der Waals surface area contributed by atoms with Gasteiger partial charge in [0.2, 0.25) is 0 Å². The molecule has 0 aliphatic heterocycles. The molecule has 4 rings (SSSR count). The third kappa shape index (κ3) is 3.96. The lowest BCUT2D eigenvalue weighted by molar-refractivity contribution is 0.102. The Hall–Kier alpha value is -4.02. The van der Waals surface area contributed by atoms with Crippen molar-refractivity contribution in [3.05, 3.63) is 106 Å². The van der Waals surface area contributed by atoms with Gasteiger partial charge in [-0.15, -0.1) is 0 Å². The highest BCUT2D eigenvalue weighted by molar-refractivity contribution is 7.99. The maximum absolute atomic E-state index is 13.2. The zero-order valence-electron chi connectivity index (χ0n) is 17.6. The molecule has 0 saturated carbocycles. The van der Waals surface area contributed by atoms with Gasteiger partial charge in [0.1, 0.15) is 11.8 Å². The van der Waals surface area contributed by atoms with Crippen LogP contribution in [0.4, 0.5) is 5.69 Å². The molecule has 7 heteroatoms. The van der Waals surface area contributed by atoms with Crippen molar-refractivity contribution in [1.29, 1.82) is 5.26 Å². The lowest BCUT2D eigenvalue weighted by Gasteiger charge is -2.10. The number of carbonyl (C=O) groups excluding carboxylic acids is 1. The average Bonchev–Trinajstić information content (AvgIpc) is 3.03. The fourth-order valence-electron chi connectivity index (χ4n) is 3.40. The van der Waals surface area contributed by atoms with Crippen LogP contribution in [-0.4, -0.2) is 15.3 Å². The number of nitriles is 1. The topological polar surface area (TPSA) is 79.8 Å². The monoisotopic (exact) mass is 440 g/mol. The molecule has 4 aromatic rings. The van der Waals surface area contributed by atoms with Gasteiger partial charge in [0.05, 0.1) is 22.5 Å². The van der Waals surface area contributed by atoms with Crippen LogP contribution < -0.4 is 10.9 Å². The van der Waals surface area contributed by atoms with Gasteiger partial charge in [-0.2, -0.15) is 5.26 Å². The minimum absolute atomic E-state index is 0.235. The number of rotatable bonds is 5. The third-order valence-electron chi connectivity index (χ3n) is 5.15. The van der Waals surface area contributed by atoms with Gasteiger partial charge < -0.3 is 5.32 Å². The molecule has 0 fully saturated rings. The predicted molar refractivity (Wildman–Crippen MR) is 125 cm³/mol. The summed E-state index contributed by atoms with van der Waals surface area (Å²) < 4.78 is 3.24. The van der Waals surface area contributed by atoms with Gasteiger partial charge in [-0.25, -0.2) is 4.68 Å². The largest absolute Gasteiger partial charge is 0.316 e. The van der Waals surface area contributed by atoms with Gasteiger partial charge in [0.15, 0.2) is 0 Å². The van der Waals surface area contributed by atoms with Crippen molar-refractivity contribution in [2.24, 2.45) is 7.05 Å². The Kier molecular flexibility index (Phi) is 5.97. The first kappa shape index (κ1) is 21.2. The first-order valence-electron chi connectivity index (χ1n) is 9.92. The Labute approximate surface area is 189 Å². The van der Waals surface area contributed by atoms with Gasteiger partial charge in [-0.1, -0.05) is 54.2 Å². The Morgan fingerprint density at radius 2 is 1.56 bits per heavy atom. The maximum Gasteiger partial charge on any atom is 0.295 e. The lowest BCUT2D eigenvalue weighted by Crippen LogP contribution is -2.23. The van der Waals surface area contributed by atoms with E-state index >= 15 is 0 Å². The number of carbonyl (C=O) groups is 1. The highest BCUT2D eigenvalue weighted by atomic mass is 32.2. The van der Waals surface area contributed by atoms with Crippen molar-refractivity contribution in [3.8, 4) is 11.8 Å². The summed E-state index contributed by atoms with van der Waals surface area (Å²) in [6.45, 7) is 1.79. The second kappa shape index (κ2) is 9.00. The second-order valence-electron chi connectivity index (χ2n) is 7.10. The molecule has 0 aliphatic rings. The number of para-hydroxylation sites is 1. The summed E-state index contributed by atoms with van der Waals surface area (Å²) in [6.07, 6.45) is 0. The Morgan fingerprint density at radius 3 is 2.28 bits per heavy atom. The van der Waals surface area contributed by atoms with E-state index in [0.29, 0.717) is 27.4 Å². The number of amides is 1. The van der Waals surface area contributed by atoms with Crippen LogP contribution in [0.2, 0.25) is 0 Å². The first-order valence-corrected chi connectivity index (χ1v) is 10.7. The zero-order chi connectivity index (χ0) is 22.7. The molecule has 1 heterocycles. The smallest absolute Gasteiger partial charge is 0.295 e. The SMILES string of the molecule is Cc1c(NC(=O)c2ccccc2Sc2ccccc2C#N)c(=O)n(-c2ccccc2)n1C. The van der Waals surface area contributed by atoms with Crippen molar-refractivity contribution in [2.45, 2.75) is 16.7 Å². The minimum atomic E-state index is -0.381. The first-order chi connectivity index (χ1) is 15.5. The molecule has 0 radical (unpaired) electrons. The molecule has 3 aromatic carbocycles. The molecular formula is C25H20N4O2S. The minimum Gasteiger partial charge on any atom is -0.316 e. The quantitative estimate of drug-likeness (QED) is 0.485. The molecule has 0 saturated heterocycles. The molecule has 1 amide bonds. The third-order valence-corrected chi connectivity index (χ3v) is 6.30. The second-order valence-corrected chi connectivity index (χ2v) is 8.18. The Morgan fingerprint density at radius 1 is 0.938 bits per heavy atom. The summed E-state index contributed by atoms with van der Waals surface area (Å²) in [7, 11) is 1.78. The van der Waals surface area contributed by atoms with Crippen molar-refractivity contribution in [1.82, 2.24) is 9.36 Å². The maximum atomic E-state index is 13.2. The highest BCUT2D eigenvalue weighted by Crippen LogP contribution is 2.33. The van der Waals surface area contributed by atoms with Crippen molar-refractivity contribution < 1.29 is 4.79 Å². The van der Waals surface area contributed by atoms with Gasteiger partial charge in [-0.05, 0) is 43.3 Å². The molecule has 32 heavy (non-hydrogen) atoms. The van der Waals surface area contributed by atoms with Crippen molar-refractivity contribution in [3.63, 3.8) is 0 Å². The number of anilines is 1. The van der Waals surface area contributed by atoms with Crippen LogP contribution in [-0.2, 0) is 7.05 Å². The molecule has 1 aromatic heterocycles. The van der Waals surface area contributed by atoms with Crippen LogP contribution in [0.15, 0.2) is 93.4 Å². The number of benzene rings is 3. The molecule has 1 N–H and O–H groups in total. The Balaban J connectivity index is 1.68. The summed E-state index contributed by atoms with van der Waals surface area (Å²) in [5.41, 5.74) is 2.26. The number of aromatic nitrogens is 2. The predicted octanol–water partition coefficient (Wildman–Crippen LogP) is 4.76. The molecule has 0 bridgehead atoms. The fourth-order valence-corrected chi connectivity index (χ4v) is 4.43. The summed E-state index contributed by atoms with van der Waals surface area (Å²) in [5, 5.41) is 12.2. The molecule has 0 unspecified atom stereocenters. The standard InChI is InChI=1S/C25H20N4O2S/c1-17-23(25(31)29(28(17)2)19-11-4-3-5-12-19)27-24(30)20-13-7-9-15-22(20)32-21-14-8-6-10-18(21)16-26/h3-15H,1-2H3,(H,27,30). The normalized spacial score (nSPS) is 10.5. The van der Waals surface area contributed by atoms with Gasteiger partial charge in [0.25, 0.3) is 11.5 Å². The van der Waals surface area contributed by atoms with Crippen LogP contribution in [0, 0.1) is 18.3 Å². The van der Waals surface area contributed by atoms with Crippen LogP contribution >= 0.6 is 11.8 Å². The van der Waals surface area contributed by atoms with E-state index in [1.165, 1.54) is 16.4 Å². The molecule has 6 nitrogen and oxygen atoms in total. The van der Waals surface area contributed by atoms with Gasteiger partial charge in [-0.3, -0.25) is 14.3 Å². The van der Waals surface area contributed by atoms with Gasteiger partial charge >= 0.3 is 0 Å². The van der Waals surface area contributed by atoms with Crippen molar-refractivity contribution >= 4 is 23.4 Å². The average molecular weight is 441 g/mol. The van der Waals surface area contributed by atoms with Crippen LogP contribution in [0.1, 0.15) is 21.6 Å². The van der Waals surface area contributed by atoms with E-state index in [1.54, 1.807) is 42.9 Å². The van der Waals surface area contributed by atoms with E-state index in [9.17, 15) is 14.9 Å². The van der Waals surface area contributed by atoms with E-state index in [0.717, 1.165) is 4.90 Å². The molecule has 158 valence electrons. The van der Waals surface area contributed by atoms with Gasteiger partial charge in [0, 0.05) is 16.8 Å². The zero-order valence-corrected chi connectivity index (χ0v) is 18.4. The van der Waals surface area contributed by atoms with Crippen LogP contribution in [0.3, 0.4) is 0 Å². The molecule has 0 aliphatic carbocycles. The Bertz CT molecular complexity index is 1400. The summed E-state index contributed by atoms with van der Waals surface area (Å²) in [5.74, 6) is -0.381. The number of hydrogen-bond acceptors (Lipinski definition) is 4. The lowest BCUT2D eigenvalue weighted by atomic mass is 10.2. The van der Waals surface area contributed by atoms with Crippen LogP contribution in [0.5, 0.6) is 0 Å². The number of nitrogens with zero attached hydrogens (tertiary/aromatic N) is 3. The highest BCUT2D eigenvalue weighted by Gasteiger charge is 2.20. The molecule has 0 spiro atoms. The van der Waals surface area contributed by atoms with E-state index < -0.39 is 0 Å². The molecular weight excluding hydrogens is 420 g/mol. The van der Waals surface area contributed by atoms with E-state index in [1.807, 2.05) is 54.6 Å². The summed E-state index contributed by atoms with van der Waals surface area (Å²) >= 11 is 1.35. The summed E-state index contributed by atoms with van der Waals surface area (Å²) in [6, 6.07) is 25.8. The van der Waals surface area contributed by atoms with Crippen molar-refractivity contribution in [2.75, 3.05) is 5.32 Å². The number of hydrogen-bond donors (Lipinski definition) is 1.